The summed E-state index contributed by atoms with van der Waals surface area (Å²) < 4.78 is 7.21. The molecule has 0 fully saturated rings. The molecule has 0 aliphatic heterocycles. The smallest absolute Gasteiger partial charge is 0.418 e. The van der Waals surface area contributed by atoms with Gasteiger partial charge in [0.25, 0.3) is 0 Å². The molecule has 0 aliphatic carbocycles. The van der Waals surface area contributed by atoms with Crippen LogP contribution in [-0.2, 0) is 11.2 Å². The Balaban J connectivity index is 3.29. The highest BCUT2D eigenvalue weighted by molar-refractivity contribution is 6.33. The Labute approximate surface area is 117 Å². The van der Waals surface area contributed by atoms with Crippen molar-refractivity contribution in [3.63, 3.8) is 0 Å². The van der Waals surface area contributed by atoms with Crippen LogP contribution in [0.4, 0.5) is 4.79 Å². The Bertz CT molecular complexity index is 481. The summed E-state index contributed by atoms with van der Waals surface area (Å²) in [7, 11) is 2.02. The number of hydrogen-bond acceptors (Lipinski definition) is 2. The number of aromatic nitrogens is 1. The second-order valence-corrected chi connectivity index (χ2v) is 6.16. The largest absolute Gasteiger partial charge is 0.443 e. The molecule has 0 atom stereocenters. The summed E-state index contributed by atoms with van der Waals surface area (Å²) in [6, 6.07) is 2.06. The molecular weight excluding hydrogens is 237 g/mol. The number of carbonyl (C=O) groups is 1. The summed E-state index contributed by atoms with van der Waals surface area (Å²) in [5.41, 5.74) is 2.57. The topological polar surface area (TPSA) is 31.2 Å². The third kappa shape index (κ3) is 3.76. The van der Waals surface area contributed by atoms with Crippen LogP contribution < -0.4 is 5.46 Å². The molecule has 19 heavy (non-hydrogen) atoms. The van der Waals surface area contributed by atoms with Crippen molar-refractivity contribution in [2.75, 3.05) is 0 Å². The fraction of sp³-hybridized carbons (Fsp3) is 0.533. The Kier molecular flexibility index (Phi) is 4.67. The number of allylic oxidation sites excluding steroid dienone is 1. The Morgan fingerprint density at radius 2 is 2.11 bits per heavy atom. The van der Waals surface area contributed by atoms with Gasteiger partial charge in [0.1, 0.15) is 13.4 Å². The Morgan fingerprint density at radius 3 is 2.53 bits per heavy atom. The maximum atomic E-state index is 12.4. The van der Waals surface area contributed by atoms with Gasteiger partial charge in [0, 0.05) is 17.8 Å². The minimum absolute atomic E-state index is 0.268. The molecule has 0 radical (unpaired) electrons. The highest BCUT2D eigenvalue weighted by atomic mass is 16.6. The highest BCUT2D eigenvalue weighted by Gasteiger charge is 2.24. The first kappa shape index (κ1) is 15.6. The summed E-state index contributed by atoms with van der Waals surface area (Å²) in [6.07, 6.45) is 2.17. The van der Waals surface area contributed by atoms with Crippen LogP contribution in [0.2, 0.25) is 0 Å². The maximum absolute atomic E-state index is 12.4. The summed E-state index contributed by atoms with van der Waals surface area (Å²) in [5, 5.41) is 0. The molecule has 0 unspecified atom stereocenters. The standard InChI is InChI=1S/C15H24BNO2/c1-7-8-12-11(16)9-13(10(2)3)17(12)14(18)19-15(4,5)6/h7,9-10H,1,8,16H2,2-6H3. The average Bonchev–Trinajstić information content (AvgIpc) is 2.55. The van der Waals surface area contributed by atoms with Gasteiger partial charge < -0.3 is 4.74 Å². The van der Waals surface area contributed by atoms with Crippen LogP contribution in [0.5, 0.6) is 0 Å². The molecule has 0 N–H and O–H groups in total. The minimum Gasteiger partial charge on any atom is -0.443 e. The number of hydrogen-bond donors (Lipinski definition) is 0. The number of nitrogens with zero attached hydrogens (tertiary/aromatic N) is 1. The summed E-state index contributed by atoms with van der Waals surface area (Å²) in [4.78, 5) is 12.4. The minimum atomic E-state index is -0.491. The normalized spacial score (nSPS) is 11.7. The molecule has 104 valence electrons. The summed E-state index contributed by atoms with van der Waals surface area (Å²) in [6.45, 7) is 13.5. The lowest BCUT2D eigenvalue weighted by atomic mass is 9.94. The zero-order valence-corrected chi connectivity index (χ0v) is 12.9. The van der Waals surface area contributed by atoms with Crippen LogP contribution >= 0.6 is 0 Å². The number of rotatable bonds is 3. The lowest BCUT2D eigenvalue weighted by Gasteiger charge is -2.22. The van der Waals surface area contributed by atoms with E-state index in [1.165, 1.54) is 0 Å². The van der Waals surface area contributed by atoms with Crippen LogP contribution in [0.3, 0.4) is 0 Å². The van der Waals surface area contributed by atoms with Gasteiger partial charge in [-0.2, -0.15) is 0 Å². The van der Waals surface area contributed by atoms with Crippen molar-refractivity contribution in [1.82, 2.24) is 4.57 Å². The first-order chi connectivity index (χ1) is 8.67. The van der Waals surface area contributed by atoms with E-state index in [4.69, 9.17) is 4.74 Å². The van der Waals surface area contributed by atoms with Crippen LogP contribution in [0, 0.1) is 0 Å². The van der Waals surface area contributed by atoms with E-state index in [-0.39, 0.29) is 12.0 Å². The predicted molar refractivity (Wildman–Crippen MR) is 82.2 cm³/mol. The first-order valence-electron chi connectivity index (χ1n) is 6.72. The molecule has 0 spiro atoms. The van der Waals surface area contributed by atoms with Gasteiger partial charge in [-0.15, -0.1) is 6.58 Å². The van der Waals surface area contributed by atoms with Crippen molar-refractivity contribution >= 4 is 19.4 Å². The maximum Gasteiger partial charge on any atom is 0.418 e. The van der Waals surface area contributed by atoms with Crippen molar-refractivity contribution in [2.45, 2.75) is 52.6 Å². The monoisotopic (exact) mass is 261 g/mol. The van der Waals surface area contributed by atoms with Crippen molar-refractivity contribution in [1.29, 1.82) is 0 Å². The molecule has 0 bridgehead atoms. The van der Waals surface area contributed by atoms with E-state index < -0.39 is 5.60 Å². The van der Waals surface area contributed by atoms with Crippen molar-refractivity contribution in [3.05, 3.63) is 30.1 Å². The average molecular weight is 261 g/mol. The fourth-order valence-electron chi connectivity index (χ4n) is 2.04. The van der Waals surface area contributed by atoms with Crippen LogP contribution in [0.25, 0.3) is 0 Å². The first-order valence-corrected chi connectivity index (χ1v) is 6.72. The van der Waals surface area contributed by atoms with E-state index in [2.05, 4.69) is 26.5 Å². The molecule has 4 heteroatoms. The second-order valence-electron chi connectivity index (χ2n) is 6.16. The van der Waals surface area contributed by atoms with E-state index >= 15 is 0 Å². The molecule has 0 aliphatic rings. The van der Waals surface area contributed by atoms with Gasteiger partial charge in [-0.3, -0.25) is 4.57 Å². The van der Waals surface area contributed by atoms with Crippen molar-refractivity contribution in [3.8, 4) is 0 Å². The van der Waals surface area contributed by atoms with E-state index in [9.17, 15) is 4.79 Å². The molecule has 1 heterocycles. The molecule has 1 aromatic rings. The van der Waals surface area contributed by atoms with E-state index in [0.717, 1.165) is 16.9 Å². The quantitative estimate of drug-likeness (QED) is 0.618. The lowest BCUT2D eigenvalue weighted by Crippen LogP contribution is -2.30. The second kappa shape index (κ2) is 5.68. The number of ether oxygens (including phenoxy) is 1. The number of carbonyl (C=O) groups excluding carboxylic acids is 1. The summed E-state index contributed by atoms with van der Waals surface area (Å²) in [5.74, 6) is 0.268. The molecule has 0 saturated heterocycles. The van der Waals surface area contributed by atoms with Crippen molar-refractivity contribution in [2.24, 2.45) is 0 Å². The van der Waals surface area contributed by atoms with Gasteiger partial charge in [-0.25, -0.2) is 4.79 Å². The van der Waals surface area contributed by atoms with Gasteiger partial charge >= 0.3 is 6.09 Å². The van der Waals surface area contributed by atoms with Crippen LogP contribution in [-0.4, -0.2) is 24.1 Å². The highest BCUT2D eigenvalue weighted by Crippen LogP contribution is 2.20. The molecule has 0 amide bonds. The molecule has 0 saturated carbocycles. The van der Waals surface area contributed by atoms with E-state index in [1.54, 1.807) is 4.57 Å². The van der Waals surface area contributed by atoms with Gasteiger partial charge in [0.2, 0.25) is 0 Å². The van der Waals surface area contributed by atoms with Crippen LogP contribution in [0.1, 0.15) is 51.9 Å². The third-order valence-electron chi connectivity index (χ3n) is 2.85. The molecule has 3 nitrogen and oxygen atoms in total. The zero-order valence-electron chi connectivity index (χ0n) is 12.9. The zero-order chi connectivity index (χ0) is 14.8. The Morgan fingerprint density at radius 1 is 1.53 bits per heavy atom. The van der Waals surface area contributed by atoms with Gasteiger partial charge in [-0.05, 0) is 32.8 Å². The molecule has 0 aromatic carbocycles. The van der Waals surface area contributed by atoms with Crippen molar-refractivity contribution < 1.29 is 9.53 Å². The predicted octanol–water partition coefficient (Wildman–Crippen LogP) is 2.38. The van der Waals surface area contributed by atoms with Gasteiger partial charge in [0.05, 0.1) is 0 Å². The lowest BCUT2D eigenvalue weighted by molar-refractivity contribution is 0.0528. The SMILES string of the molecule is Bc1cc(C(C)C)n(C(=O)OC(C)(C)C)c1CC=C. The van der Waals surface area contributed by atoms with Gasteiger partial charge in [0.15, 0.2) is 0 Å². The van der Waals surface area contributed by atoms with E-state index in [1.807, 2.05) is 34.7 Å². The summed E-state index contributed by atoms with van der Waals surface area (Å²) >= 11 is 0. The molecular formula is C15H24BNO2. The Hall–Kier alpha value is -1.45. The van der Waals surface area contributed by atoms with E-state index in [0.29, 0.717) is 6.42 Å². The molecule has 1 rings (SSSR count). The fourth-order valence-corrected chi connectivity index (χ4v) is 2.04. The van der Waals surface area contributed by atoms with Gasteiger partial charge in [-0.1, -0.05) is 25.4 Å². The molecule has 1 aromatic heterocycles. The third-order valence-corrected chi connectivity index (χ3v) is 2.85. The van der Waals surface area contributed by atoms with Crippen LogP contribution in [0.15, 0.2) is 18.7 Å².